The first-order chi connectivity index (χ1) is 15.9. The number of amides is 2. The molecule has 0 bridgehead atoms. The molecule has 7 nitrogen and oxygen atoms in total. The van der Waals surface area contributed by atoms with Gasteiger partial charge < -0.3 is 20.5 Å². The summed E-state index contributed by atoms with van der Waals surface area (Å²) in [6.07, 6.45) is 3.19. The highest BCUT2D eigenvalue weighted by atomic mass is 16.5. The second-order valence-electron chi connectivity index (χ2n) is 9.23. The van der Waals surface area contributed by atoms with E-state index in [1.807, 2.05) is 43.3 Å². The van der Waals surface area contributed by atoms with Gasteiger partial charge in [-0.05, 0) is 50.8 Å². The van der Waals surface area contributed by atoms with E-state index in [0.29, 0.717) is 24.4 Å². The monoisotopic (exact) mass is 451 g/mol. The molecule has 0 radical (unpaired) electrons. The molecule has 0 unspecified atom stereocenters. The van der Waals surface area contributed by atoms with Gasteiger partial charge in [-0.15, -0.1) is 0 Å². The number of nitrogens with zero attached hydrogens (tertiary/aromatic N) is 1. The predicted octanol–water partition coefficient (Wildman–Crippen LogP) is 2.36. The Bertz CT molecular complexity index is 995. The Labute approximate surface area is 195 Å². The number of likely N-dealkylation sites (tertiary alicyclic amines) is 1. The number of carbonyl (C=O) groups excluding carboxylic acids is 2. The molecular weight excluding hydrogens is 418 g/mol. The van der Waals surface area contributed by atoms with Crippen molar-refractivity contribution in [2.75, 3.05) is 26.7 Å². The quantitative estimate of drug-likeness (QED) is 0.601. The van der Waals surface area contributed by atoms with E-state index in [2.05, 4.69) is 15.5 Å². The summed E-state index contributed by atoms with van der Waals surface area (Å²) in [5.74, 6) is 0.323. The van der Waals surface area contributed by atoms with E-state index < -0.39 is 5.60 Å². The molecule has 0 atom stereocenters. The normalized spacial score (nSPS) is 23.4. The van der Waals surface area contributed by atoms with Gasteiger partial charge in [0.2, 0.25) is 5.91 Å². The Kier molecular flexibility index (Phi) is 7.00. The Morgan fingerprint density at radius 1 is 1.12 bits per heavy atom. The van der Waals surface area contributed by atoms with Gasteiger partial charge >= 0.3 is 0 Å². The number of hydrogen-bond donors (Lipinski definition) is 3. The van der Waals surface area contributed by atoms with E-state index in [1.165, 1.54) is 0 Å². The number of ether oxygens (including phenoxy) is 1. The maximum absolute atomic E-state index is 12.2. The Hall–Kier alpha value is -2.90. The number of aliphatic hydroxyl groups is 1. The molecule has 1 saturated heterocycles. The van der Waals surface area contributed by atoms with Crippen molar-refractivity contribution in [2.45, 2.75) is 50.3 Å². The molecule has 1 saturated carbocycles. The summed E-state index contributed by atoms with van der Waals surface area (Å²) in [5, 5.41) is 16.9. The molecule has 2 aromatic carbocycles. The maximum Gasteiger partial charge on any atom is 0.251 e. The van der Waals surface area contributed by atoms with Crippen molar-refractivity contribution >= 4 is 11.8 Å². The van der Waals surface area contributed by atoms with Gasteiger partial charge in [0.25, 0.3) is 5.91 Å². The first-order valence-corrected chi connectivity index (χ1v) is 11.6. The summed E-state index contributed by atoms with van der Waals surface area (Å²) in [6, 6.07) is 15.5. The minimum Gasteiger partial charge on any atom is -0.496 e. The molecule has 176 valence electrons. The zero-order valence-electron chi connectivity index (χ0n) is 19.3. The van der Waals surface area contributed by atoms with Crippen LogP contribution < -0.4 is 15.4 Å². The van der Waals surface area contributed by atoms with E-state index in [0.717, 1.165) is 42.8 Å². The van der Waals surface area contributed by atoms with Gasteiger partial charge in [-0.2, -0.15) is 0 Å². The van der Waals surface area contributed by atoms with E-state index >= 15 is 0 Å². The molecule has 2 aromatic rings. The molecule has 1 aliphatic heterocycles. The number of nitrogens with one attached hydrogen (secondary N) is 2. The first kappa shape index (κ1) is 23.3. The van der Waals surface area contributed by atoms with Gasteiger partial charge in [0.05, 0.1) is 25.3 Å². The number of aryl methyl sites for hydroxylation is 1. The lowest BCUT2D eigenvalue weighted by Gasteiger charge is -2.48. The first-order valence-electron chi connectivity index (χ1n) is 11.6. The van der Waals surface area contributed by atoms with E-state index in [-0.39, 0.29) is 24.4 Å². The van der Waals surface area contributed by atoms with Crippen molar-refractivity contribution in [3.63, 3.8) is 0 Å². The molecule has 2 aliphatic rings. The standard InChI is InChI=1S/C26H33N3O4/c1-18-6-5-7-19(14-18)25(31)27-15-24(30)28-20-16-29(17-20)21-10-12-26(32,13-11-21)22-8-3-4-9-23(22)33-2/h3-9,14,20-21,32H,10-13,15-17H2,1-2H3,(H,27,31)(H,28,30). The number of methoxy groups -OCH3 is 1. The van der Waals surface area contributed by atoms with Crippen LogP contribution in [0, 0.1) is 6.92 Å². The van der Waals surface area contributed by atoms with Crippen LogP contribution in [-0.2, 0) is 10.4 Å². The molecule has 0 spiro atoms. The minimum atomic E-state index is -0.850. The molecule has 7 heteroatoms. The molecule has 0 aromatic heterocycles. The SMILES string of the molecule is COc1ccccc1C1(O)CCC(N2CC(NC(=O)CNC(=O)c3cccc(C)c3)C2)CC1. The highest BCUT2D eigenvalue weighted by Gasteiger charge is 2.41. The minimum absolute atomic E-state index is 0.0291. The lowest BCUT2D eigenvalue weighted by molar-refractivity contribution is -0.122. The smallest absolute Gasteiger partial charge is 0.251 e. The Balaban J connectivity index is 1.19. The third kappa shape index (κ3) is 5.37. The van der Waals surface area contributed by atoms with Gasteiger partial charge in [-0.1, -0.05) is 35.9 Å². The van der Waals surface area contributed by atoms with Crippen molar-refractivity contribution in [1.29, 1.82) is 0 Å². The van der Waals surface area contributed by atoms with Crippen molar-refractivity contribution in [3.05, 3.63) is 65.2 Å². The van der Waals surface area contributed by atoms with Crippen LogP contribution in [0.3, 0.4) is 0 Å². The average molecular weight is 452 g/mol. The summed E-state index contributed by atoms with van der Waals surface area (Å²) >= 11 is 0. The number of benzene rings is 2. The van der Waals surface area contributed by atoms with E-state index in [4.69, 9.17) is 4.74 Å². The van der Waals surface area contributed by atoms with Crippen LogP contribution in [0.15, 0.2) is 48.5 Å². The molecule has 3 N–H and O–H groups in total. The average Bonchev–Trinajstić information content (AvgIpc) is 2.80. The van der Waals surface area contributed by atoms with Crippen LogP contribution in [0.5, 0.6) is 5.75 Å². The second kappa shape index (κ2) is 9.93. The van der Waals surface area contributed by atoms with E-state index in [9.17, 15) is 14.7 Å². The fourth-order valence-electron chi connectivity index (χ4n) is 4.97. The van der Waals surface area contributed by atoms with E-state index in [1.54, 1.807) is 19.2 Å². The molecule has 4 rings (SSSR count). The molecule has 2 amide bonds. The predicted molar refractivity (Wildman–Crippen MR) is 126 cm³/mol. The third-order valence-electron chi connectivity index (χ3n) is 6.87. The largest absolute Gasteiger partial charge is 0.496 e. The number of rotatable bonds is 7. The molecule has 2 fully saturated rings. The molecular formula is C26H33N3O4. The summed E-state index contributed by atoms with van der Waals surface area (Å²) in [7, 11) is 1.64. The molecule has 1 heterocycles. The van der Waals surface area contributed by atoms with Crippen LogP contribution in [0.4, 0.5) is 0 Å². The van der Waals surface area contributed by atoms with Crippen LogP contribution in [0.1, 0.15) is 47.2 Å². The van der Waals surface area contributed by atoms with Crippen LogP contribution >= 0.6 is 0 Å². The Morgan fingerprint density at radius 2 is 1.85 bits per heavy atom. The van der Waals surface area contributed by atoms with Crippen molar-refractivity contribution < 1.29 is 19.4 Å². The van der Waals surface area contributed by atoms with Gasteiger partial charge in [0, 0.05) is 30.3 Å². The second-order valence-corrected chi connectivity index (χ2v) is 9.23. The fourth-order valence-corrected chi connectivity index (χ4v) is 4.97. The Morgan fingerprint density at radius 3 is 2.55 bits per heavy atom. The third-order valence-corrected chi connectivity index (χ3v) is 6.87. The van der Waals surface area contributed by atoms with Gasteiger partial charge in [-0.3, -0.25) is 14.5 Å². The number of hydrogen-bond acceptors (Lipinski definition) is 5. The van der Waals surface area contributed by atoms with Crippen LogP contribution in [0.2, 0.25) is 0 Å². The fraction of sp³-hybridized carbons (Fsp3) is 0.462. The number of para-hydroxylation sites is 1. The van der Waals surface area contributed by atoms with Crippen molar-refractivity contribution in [2.24, 2.45) is 0 Å². The highest BCUT2D eigenvalue weighted by molar-refractivity contribution is 5.96. The number of carbonyl (C=O) groups is 2. The summed E-state index contributed by atoms with van der Waals surface area (Å²) in [4.78, 5) is 26.8. The summed E-state index contributed by atoms with van der Waals surface area (Å²) in [5.41, 5.74) is 1.58. The molecule has 33 heavy (non-hydrogen) atoms. The molecule has 1 aliphatic carbocycles. The van der Waals surface area contributed by atoms with Gasteiger partial charge in [0.1, 0.15) is 5.75 Å². The van der Waals surface area contributed by atoms with Crippen LogP contribution in [-0.4, -0.2) is 60.6 Å². The lowest BCUT2D eigenvalue weighted by Crippen LogP contribution is -2.63. The zero-order chi connectivity index (χ0) is 23.4. The summed E-state index contributed by atoms with van der Waals surface area (Å²) in [6.45, 7) is 3.50. The topological polar surface area (TPSA) is 90.9 Å². The highest BCUT2D eigenvalue weighted by Crippen LogP contribution is 2.42. The van der Waals surface area contributed by atoms with Gasteiger partial charge in [0.15, 0.2) is 0 Å². The summed E-state index contributed by atoms with van der Waals surface area (Å²) < 4.78 is 5.45. The van der Waals surface area contributed by atoms with Crippen LogP contribution in [0.25, 0.3) is 0 Å². The van der Waals surface area contributed by atoms with Gasteiger partial charge in [-0.25, -0.2) is 0 Å². The maximum atomic E-state index is 12.2. The zero-order valence-corrected chi connectivity index (χ0v) is 19.3. The van der Waals surface area contributed by atoms with Crippen molar-refractivity contribution in [1.82, 2.24) is 15.5 Å². The van der Waals surface area contributed by atoms with Crippen molar-refractivity contribution in [3.8, 4) is 5.75 Å². The lowest BCUT2D eigenvalue weighted by atomic mass is 9.76.